The summed E-state index contributed by atoms with van der Waals surface area (Å²) in [6.07, 6.45) is -8.26. The minimum Gasteiger partial charge on any atom is -0.547 e. The second kappa shape index (κ2) is 10.5. The van der Waals surface area contributed by atoms with Gasteiger partial charge in [-0.15, -0.1) is 0 Å². The zero-order valence-electron chi connectivity index (χ0n) is 11.6. The van der Waals surface area contributed by atoms with Crippen molar-refractivity contribution in [2.24, 2.45) is 0 Å². The number of hydrogen-bond donors (Lipinski definition) is 4. The first-order valence-electron chi connectivity index (χ1n) is 5.40. The Morgan fingerprint density at radius 3 is 2.05 bits per heavy atom. The fraction of sp³-hybridized carbons (Fsp3) is 0.800. The number of nitrogens with zero attached hydrogens (tertiary/aromatic N) is 1. The summed E-state index contributed by atoms with van der Waals surface area (Å²) < 4.78 is 4.58. The van der Waals surface area contributed by atoms with Gasteiger partial charge >= 0.3 is 35.5 Å². The van der Waals surface area contributed by atoms with Gasteiger partial charge < -0.3 is 35.1 Å². The normalized spacial score (nSPS) is 16.8. The molecule has 10 heteroatoms. The molecule has 0 spiro atoms. The van der Waals surface area contributed by atoms with Gasteiger partial charge in [-0.3, -0.25) is 9.69 Å². The molecule has 0 rings (SSSR count). The average molecular weight is 303 g/mol. The molecule has 0 aromatic carbocycles. The van der Waals surface area contributed by atoms with Crippen LogP contribution in [0.1, 0.15) is 0 Å². The molecule has 0 bridgehead atoms. The number of carboxylic acids is 1. The Hall–Kier alpha value is -0.260. The summed E-state index contributed by atoms with van der Waals surface area (Å²) in [6, 6.07) is 0. The second-order valence-electron chi connectivity index (χ2n) is 4.23. The molecule has 0 saturated heterocycles. The van der Waals surface area contributed by atoms with Gasteiger partial charge in [0, 0.05) is 0 Å². The summed E-state index contributed by atoms with van der Waals surface area (Å²) in [5, 5.41) is 47.1. The van der Waals surface area contributed by atoms with Crippen LogP contribution in [0.5, 0.6) is 0 Å². The van der Waals surface area contributed by atoms with Crippen LogP contribution in [-0.4, -0.2) is 88.9 Å². The molecule has 0 aliphatic carbocycles. The largest absolute Gasteiger partial charge is 1.00 e. The van der Waals surface area contributed by atoms with Crippen LogP contribution in [-0.2, 0) is 14.3 Å². The van der Waals surface area contributed by atoms with Crippen molar-refractivity contribution in [2.75, 3.05) is 27.2 Å². The van der Waals surface area contributed by atoms with Gasteiger partial charge in [-0.2, -0.15) is 0 Å². The van der Waals surface area contributed by atoms with Gasteiger partial charge in [0.25, 0.3) is 0 Å². The van der Waals surface area contributed by atoms with E-state index < -0.39 is 43.0 Å². The second-order valence-corrected chi connectivity index (χ2v) is 4.23. The summed E-state index contributed by atoms with van der Waals surface area (Å²) in [4.78, 5) is 22.9. The standard InChI is InChI=1S/C10H19NO8.Na/c1-11(2)3-6(13)19-4-5(12)7(14)8(15)9(16)10(17)18;/h5,7-9,12,14-16H,3-4H2,1-2H3,(H,17,18);/q;+1/p-1/t5-,7-,8+,9-;/m1./s1. The summed E-state index contributed by atoms with van der Waals surface area (Å²) in [5.74, 6) is -2.67. The number of aliphatic carboxylic acids is 1. The number of hydrogen-bond acceptors (Lipinski definition) is 9. The number of aliphatic hydroxyl groups is 4. The number of ether oxygens (including phenoxy) is 1. The van der Waals surface area contributed by atoms with Crippen LogP contribution in [0.25, 0.3) is 0 Å². The molecule has 0 aliphatic heterocycles. The first-order valence-corrected chi connectivity index (χ1v) is 5.40. The topological polar surface area (TPSA) is 151 Å². The predicted molar refractivity (Wildman–Crippen MR) is 58.5 cm³/mol. The first kappa shape index (κ1) is 22.0. The quantitative estimate of drug-likeness (QED) is 0.253. The third-order valence-electron chi connectivity index (χ3n) is 2.17. The Kier molecular flexibility index (Phi) is 11.5. The molecule has 0 saturated carbocycles. The van der Waals surface area contributed by atoms with E-state index in [1.807, 2.05) is 0 Å². The van der Waals surface area contributed by atoms with Crippen LogP contribution >= 0.6 is 0 Å². The SMILES string of the molecule is CN(C)CC(=O)OC[C@@H](O)[C@@H](O)[C@H](O)[C@@H](O)C(=O)[O-].[Na+]. The molecule has 0 heterocycles. The molecule has 0 aromatic heterocycles. The molecule has 0 aliphatic rings. The summed E-state index contributed by atoms with van der Waals surface area (Å²) in [6.45, 7) is -0.697. The van der Waals surface area contributed by atoms with E-state index in [-0.39, 0.29) is 36.1 Å². The number of rotatable bonds is 8. The van der Waals surface area contributed by atoms with Crippen molar-refractivity contribution in [3.63, 3.8) is 0 Å². The van der Waals surface area contributed by atoms with Crippen LogP contribution in [0.2, 0.25) is 0 Å². The maximum absolute atomic E-state index is 11.1. The molecule has 112 valence electrons. The first-order chi connectivity index (χ1) is 8.66. The Bertz CT molecular complexity index is 314. The van der Waals surface area contributed by atoms with Gasteiger partial charge in [0.2, 0.25) is 0 Å². The Morgan fingerprint density at radius 1 is 1.15 bits per heavy atom. The van der Waals surface area contributed by atoms with E-state index in [2.05, 4.69) is 4.74 Å². The number of likely N-dealkylation sites (N-methyl/N-ethyl adjacent to an activating group) is 1. The van der Waals surface area contributed by atoms with Gasteiger partial charge in [0.15, 0.2) is 0 Å². The maximum atomic E-state index is 11.1. The van der Waals surface area contributed by atoms with Gasteiger partial charge in [-0.1, -0.05) is 0 Å². The predicted octanol–water partition coefficient (Wildman–Crippen LogP) is -7.71. The van der Waals surface area contributed by atoms with Crippen molar-refractivity contribution in [2.45, 2.75) is 24.4 Å². The van der Waals surface area contributed by atoms with E-state index in [0.29, 0.717) is 0 Å². The molecule has 0 aromatic rings. The van der Waals surface area contributed by atoms with Crippen LogP contribution < -0.4 is 34.7 Å². The molecule has 20 heavy (non-hydrogen) atoms. The monoisotopic (exact) mass is 303 g/mol. The van der Waals surface area contributed by atoms with Crippen molar-refractivity contribution in [1.82, 2.24) is 4.90 Å². The molecular formula is C10H18NNaO8. The molecule has 0 amide bonds. The Labute approximate surface area is 138 Å². The smallest absolute Gasteiger partial charge is 0.547 e. The molecule has 0 unspecified atom stereocenters. The van der Waals surface area contributed by atoms with Crippen molar-refractivity contribution < 1.29 is 69.4 Å². The van der Waals surface area contributed by atoms with Gasteiger partial charge in [-0.05, 0) is 14.1 Å². The number of esters is 1. The number of carboxylic acid groups (broad SMARTS) is 1. The molecule has 0 radical (unpaired) electrons. The fourth-order valence-electron chi connectivity index (χ4n) is 1.13. The molecule has 4 N–H and O–H groups in total. The zero-order chi connectivity index (χ0) is 15.2. The van der Waals surface area contributed by atoms with E-state index in [1.54, 1.807) is 14.1 Å². The van der Waals surface area contributed by atoms with Crippen molar-refractivity contribution in [3.8, 4) is 0 Å². The Balaban J connectivity index is 0. The molecule has 4 atom stereocenters. The van der Waals surface area contributed by atoms with E-state index in [4.69, 9.17) is 5.11 Å². The van der Waals surface area contributed by atoms with Crippen molar-refractivity contribution in [3.05, 3.63) is 0 Å². The molecule has 9 nitrogen and oxygen atoms in total. The van der Waals surface area contributed by atoms with Crippen LogP contribution in [0.3, 0.4) is 0 Å². The van der Waals surface area contributed by atoms with Crippen molar-refractivity contribution in [1.29, 1.82) is 0 Å². The summed E-state index contributed by atoms with van der Waals surface area (Å²) in [5.41, 5.74) is 0. The van der Waals surface area contributed by atoms with Crippen LogP contribution in [0, 0.1) is 0 Å². The van der Waals surface area contributed by atoms with Crippen molar-refractivity contribution >= 4 is 11.9 Å². The third kappa shape index (κ3) is 8.12. The van der Waals surface area contributed by atoms with Crippen LogP contribution in [0.15, 0.2) is 0 Å². The fourth-order valence-corrected chi connectivity index (χ4v) is 1.13. The van der Waals surface area contributed by atoms with E-state index in [9.17, 15) is 30.0 Å². The van der Waals surface area contributed by atoms with Crippen LogP contribution in [0.4, 0.5) is 0 Å². The Morgan fingerprint density at radius 2 is 1.65 bits per heavy atom. The number of carbonyl (C=O) groups is 2. The summed E-state index contributed by atoms with van der Waals surface area (Å²) >= 11 is 0. The van der Waals surface area contributed by atoms with E-state index in [1.165, 1.54) is 4.90 Å². The molecular weight excluding hydrogens is 285 g/mol. The summed E-state index contributed by atoms with van der Waals surface area (Å²) in [7, 11) is 3.24. The minimum atomic E-state index is -2.36. The minimum absolute atomic E-state index is 0. The number of carbonyl (C=O) groups excluding carboxylic acids is 2. The molecule has 0 fully saturated rings. The zero-order valence-corrected chi connectivity index (χ0v) is 13.6. The third-order valence-corrected chi connectivity index (χ3v) is 2.17. The van der Waals surface area contributed by atoms with Gasteiger partial charge in [0.1, 0.15) is 31.0 Å². The van der Waals surface area contributed by atoms with E-state index in [0.717, 1.165) is 0 Å². The average Bonchev–Trinajstić information content (AvgIpc) is 2.32. The van der Waals surface area contributed by atoms with Gasteiger partial charge in [-0.25, -0.2) is 0 Å². The van der Waals surface area contributed by atoms with E-state index >= 15 is 0 Å². The van der Waals surface area contributed by atoms with Gasteiger partial charge in [0.05, 0.1) is 12.5 Å². The maximum Gasteiger partial charge on any atom is 1.00 e. The number of aliphatic hydroxyl groups excluding tert-OH is 4.